The number of ether oxygens (including phenoxy) is 6. The molecule has 1 aliphatic rings. The van der Waals surface area contributed by atoms with Gasteiger partial charge in [0.1, 0.15) is 26.4 Å². The van der Waals surface area contributed by atoms with E-state index in [4.69, 9.17) is 28.4 Å². The predicted molar refractivity (Wildman–Crippen MR) is 134 cm³/mol. The van der Waals surface area contributed by atoms with Gasteiger partial charge in [-0.05, 0) is 46.2 Å². The first-order valence-corrected chi connectivity index (χ1v) is 12.1. The zero-order valence-electron chi connectivity index (χ0n) is 21.6. The van der Waals surface area contributed by atoms with Crippen molar-refractivity contribution in [3.63, 3.8) is 0 Å². The number of rotatable bonds is 0. The van der Waals surface area contributed by atoms with Crippen LogP contribution in [-0.4, -0.2) is 52.9 Å². The van der Waals surface area contributed by atoms with E-state index in [0.717, 1.165) is 11.5 Å². The van der Waals surface area contributed by atoms with Crippen LogP contribution in [0.5, 0.6) is 23.0 Å². The molecule has 2 aromatic rings. The van der Waals surface area contributed by atoms with Crippen molar-refractivity contribution in [1.29, 1.82) is 0 Å². The molecule has 0 aromatic heterocycles. The fourth-order valence-corrected chi connectivity index (χ4v) is 3.46. The van der Waals surface area contributed by atoms with Crippen LogP contribution < -0.4 is 18.9 Å². The van der Waals surface area contributed by atoms with E-state index in [1.165, 1.54) is 11.1 Å². The molecular formula is C28H40O6. The quantitative estimate of drug-likeness (QED) is 0.502. The Morgan fingerprint density at radius 3 is 1.09 bits per heavy atom. The SMILES string of the molecule is CC(C)(C)c1ccc2c(c1)OCCOCCOc1ccc(C(C)(C)C)cc1OCCOCCO2. The molecule has 0 aliphatic carbocycles. The largest absolute Gasteiger partial charge is 0.487 e. The van der Waals surface area contributed by atoms with Crippen molar-refractivity contribution < 1.29 is 28.4 Å². The smallest absolute Gasteiger partial charge is 0.161 e. The van der Waals surface area contributed by atoms with E-state index in [0.29, 0.717) is 64.4 Å². The van der Waals surface area contributed by atoms with E-state index >= 15 is 0 Å². The Bertz CT molecular complexity index is 835. The van der Waals surface area contributed by atoms with Gasteiger partial charge in [-0.1, -0.05) is 53.7 Å². The van der Waals surface area contributed by atoms with E-state index in [2.05, 4.69) is 53.7 Å². The van der Waals surface area contributed by atoms with Crippen LogP contribution >= 0.6 is 0 Å². The molecule has 1 heterocycles. The third-order valence-electron chi connectivity index (χ3n) is 5.56. The summed E-state index contributed by atoms with van der Waals surface area (Å²) in [5.74, 6) is 2.86. The summed E-state index contributed by atoms with van der Waals surface area (Å²) in [7, 11) is 0. The first-order valence-electron chi connectivity index (χ1n) is 12.1. The minimum Gasteiger partial charge on any atom is -0.487 e. The molecule has 0 bridgehead atoms. The predicted octanol–water partition coefficient (Wildman–Crippen LogP) is 5.54. The number of fused-ring (bicyclic) bond motifs is 2. The highest BCUT2D eigenvalue weighted by atomic mass is 16.6. The number of hydrogen-bond donors (Lipinski definition) is 0. The molecule has 0 radical (unpaired) electrons. The van der Waals surface area contributed by atoms with Crippen LogP contribution in [0.4, 0.5) is 0 Å². The molecule has 0 fully saturated rings. The fourth-order valence-electron chi connectivity index (χ4n) is 3.46. The fraction of sp³-hybridized carbons (Fsp3) is 0.571. The Morgan fingerprint density at radius 1 is 0.441 bits per heavy atom. The van der Waals surface area contributed by atoms with Crippen LogP contribution in [-0.2, 0) is 20.3 Å². The Kier molecular flexibility index (Phi) is 9.09. The average molecular weight is 473 g/mol. The molecule has 0 unspecified atom stereocenters. The normalized spacial score (nSPS) is 16.9. The summed E-state index contributed by atoms with van der Waals surface area (Å²) in [6.45, 7) is 16.6. The van der Waals surface area contributed by atoms with E-state index in [-0.39, 0.29) is 10.8 Å². The first-order chi connectivity index (χ1) is 16.1. The van der Waals surface area contributed by atoms with Gasteiger partial charge in [-0.3, -0.25) is 0 Å². The highest BCUT2D eigenvalue weighted by molar-refractivity contribution is 5.45. The molecule has 0 spiro atoms. The Labute approximate surface area is 204 Å². The molecular weight excluding hydrogens is 432 g/mol. The van der Waals surface area contributed by atoms with Crippen LogP contribution in [0, 0.1) is 0 Å². The Balaban J connectivity index is 1.66. The Morgan fingerprint density at radius 2 is 0.765 bits per heavy atom. The summed E-state index contributed by atoms with van der Waals surface area (Å²) in [6, 6.07) is 12.2. The summed E-state index contributed by atoms with van der Waals surface area (Å²) >= 11 is 0. The third-order valence-corrected chi connectivity index (χ3v) is 5.56. The van der Waals surface area contributed by atoms with Crippen molar-refractivity contribution in [3.8, 4) is 23.0 Å². The van der Waals surface area contributed by atoms with E-state index < -0.39 is 0 Å². The van der Waals surface area contributed by atoms with Gasteiger partial charge in [-0.2, -0.15) is 0 Å². The summed E-state index contributed by atoms with van der Waals surface area (Å²) in [5.41, 5.74) is 2.41. The van der Waals surface area contributed by atoms with Gasteiger partial charge in [0.25, 0.3) is 0 Å². The van der Waals surface area contributed by atoms with Crippen LogP contribution in [0.2, 0.25) is 0 Å². The average Bonchev–Trinajstić information content (AvgIpc) is 2.77. The van der Waals surface area contributed by atoms with Crippen molar-refractivity contribution in [1.82, 2.24) is 0 Å². The highest BCUT2D eigenvalue weighted by Crippen LogP contribution is 2.34. The molecule has 0 atom stereocenters. The van der Waals surface area contributed by atoms with Crippen molar-refractivity contribution >= 4 is 0 Å². The molecule has 0 N–H and O–H groups in total. The molecule has 6 nitrogen and oxygen atoms in total. The maximum absolute atomic E-state index is 6.02. The Hall–Kier alpha value is -2.44. The molecule has 0 amide bonds. The van der Waals surface area contributed by atoms with Gasteiger partial charge in [0.2, 0.25) is 0 Å². The van der Waals surface area contributed by atoms with Crippen molar-refractivity contribution in [2.45, 2.75) is 52.4 Å². The third kappa shape index (κ3) is 7.81. The van der Waals surface area contributed by atoms with Gasteiger partial charge < -0.3 is 28.4 Å². The summed E-state index contributed by atoms with van der Waals surface area (Å²) in [5, 5.41) is 0. The monoisotopic (exact) mass is 472 g/mol. The molecule has 34 heavy (non-hydrogen) atoms. The topological polar surface area (TPSA) is 55.4 Å². The lowest BCUT2D eigenvalue weighted by Crippen LogP contribution is -2.17. The van der Waals surface area contributed by atoms with Crippen LogP contribution in [0.25, 0.3) is 0 Å². The van der Waals surface area contributed by atoms with Crippen molar-refractivity contribution in [2.75, 3.05) is 52.9 Å². The molecule has 0 saturated carbocycles. The lowest BCUT2D eigenvalue weighted by molar-refractivity contribution is 0.0639. The number of hydrogen-bond acceptors (Lipinski definition) is 6. The van der Waals surface area contributed by atoms with Crippen LogP contribution in [0.15, 0.2) is 36.4 Å². The lowest BCUT2D eigenvalue weighted by Gasteiger charge is -2.22. The highest BCUT2D eigenvalue weighted by Gasteiger charge is 2.18. The molecule has 1 aliphatic heterocycles. The maximum Gasteiger partial charge on any atom is 0.161 e. The van der Waals surface area contributed by atoms with Crippen LogP contribution in [0.3, 0.4) is 0 Å². The molecule has 188 valence electrons. The summed E-state index contributed by atoms with van der Waals surface area (Å²) < 4.78 is 35.4. The van der Waals surface area contributed by atoms with Gasteiger partial charge in [0, 0.05) is 0 Å². The van der Waals surface area contributed by atoms with Gasteiger partial charge >= 0.3 is 0 Å². The second-order valence-electron chi connectivity index (χ2n) is 10.4. The first kappa shape index (κ1) is 26.2. The van der Waals surface area contributed by atoms with Crippen molar-refractivity contribution in [2.24, 2.45) is 0 Å². The van der Waals surface area contributed by atoms with E-state index in [1.54, 1.807) is 0 Å². The summed E-state index contributed by atoms with van der Waals surface area (Å²) in [4.78, 5) is 0. The second-order valence-corrected chi connectivity index (χ2v) is 10.4. The minimum absolute atomic E-state index is 0.0191. The van der Waals surface area contributed by atoms with Gasteiger partial charge in [-0.15, -0.1) is 0 Å². The summed E-state index contributed by atoms with van der Waals surface area (Å²) in [6.07, 6.45) is 0. The van der Waals surface area contributed by atoms with Gasteiger partial charge in [0.15, 0.2) is 23.0 Å². The van der Waals surface area contributed by atoms with Crippen LogP contribution in [0.1, 0.15) is 52.7 Å². The van der Waals surface area contributed by atoms with Gasteiger partial charge in [0.05, 0.1) is 26.4 Å². The lowest BCUT2D eigenvalue weighted by atomic mass is 9.87. The molecule has 6 heteroatoms. The minimum atomic E-state index is 0.0191. The zero-order valence-corrected chi connectivity index (χ0v) is 21.6. The molecule has 0 saturated heterocycles. The zero-order chi connectivity index (χ0) is 24.6. The standard InChI is InChI=1S/C28H40O6/c1-27(2,3)21-7-9-23-25(19-21)33-17-13-29-12-16-32-24-10-8-22(28(4,5)6)20-26(24)34-18-14-30-11-15-31-23/h7-10,19-20H,11-18H2,1-6H3. The van der Waals surface area contributed by atoms with Crippen molar-refractivity contribution in [3.05, 3.63) is 47.5 Å². The molecule has 2 aromatic carbocycles. The molecule has 3 rings (SSSR count). The van der Waals surface area contributed by atoms with E-state index in [9.17, 15) is 0 Å². The maximum atomic E-state index is 6.02. The van der Waals surface area contributed by atoms with E-state index in [1.807, 2.05) is 24.3 Å². The second kappa shape index (κ2) is 11.8. The number of benzene rings is 2. The van der Waals surface area contributed by atoms with Gasteiger partial charge in [-0.25, -0.2) is 0 Å².